The molecular formula is C6H8NaO5. The molecule has 0 aromatic carbocycles. The van der Waals surface area contributed by atoms with Gasteiger partial charge in [-0.15, -0.1) is 0 Å². The fraction of sp³-hybridized carbons (Fsp3) is 0.500. The number of carboxylic acids is 1. The first-order valence-electron chi connectivity index (χ1n) is 2.99. The van der Waals surface area contributed by atoms with Crippen molar-refractivity contribution in [3.63, 3.8) is 0 Å². The first-order chi connectivity index (χ1) is 5.07. The van der Waals surface area contributed by atoms with Crippen LogP contribution in [0.3, 0.4) is 0 Å². The van der Waals surface area contributed by atoms with Crippen molar-refractivity contribution < 1.29 is 24.2 Å². The van der Waals surface area contributed by atoms with E-state index < -0.39 is 24.1 Å². The average Bonchev–Trinajstić information content (AvgIpc) is 1.86. The van der Waals surface area contributed by atoms with Crippen LogP contribution in [0.15, 0.2) is 0 Å². The Balaban J connectivity index is 0. The molecular weight excluding hydrogens is 175 g/mol. The van der Waals surface area contributed by atoms with E-state index in [4.69, 9.17) is 5.11 Å². The molecule has 0 aliphatic carbocycles. The number of hydrogen-bond acceptors (Lipinski definition) is 4. The van der Waals surface area contributed by atoms with Crippen LogP contribution in [0.2, 0.25) is 0 Å². The van der Waals surface area contributed by atoms with Crippen molar-refractivity contribution in [3.8, 4) is 0 Å². The van der Waals surface area contributed by atoms with E-state index in [0.29, 0.717) is 0 Å². The summed E-state index contributed by atoms with van der Waals surface area (Å²) in [6, 6.07) is 0. The minimum Gasteiger partial charge on any atom is -0.481 e. The zero-order valence-corrected chi connectivity index (χ0v) is 8.99. The second kappa shape index (κ2) is 7.27. The van der Waals surface area contributed by atoms with Gasteiger partial charge >= 0.3 is 11.9 Å². The summed E-state index contributed by atoms with van der Waals surface area (Å²) in [6.45, 7) is 1.61. The van der Waals surface area contributed by atoms with Crippen LogP contribution in [0.25, 0.3) is 0 Å². The Morgan fingerprint density at radius 3 is 2.17 bits per heavy atom. The number of carbonyl (C=O) groups excluding carboxylic acids is 2. The van der Waals surface area contributed by atoms with Gasteiger partial charge in [-0.3, -0.25) is 9.59 Å². The molecule has 0 rings (SSSR count). The van der Waals surface area contributed by atoms with E-state index in [1.165, 1.54) is 6.92 Å². The van der Waals surface area contributed by atoms with Crippen LogP contribution in [0.1, 0.15) is 13.3 Å². The SMILES string of the molecule is CCOC(=O)C(=O)CC(=O)O.[Na]. The van der Waals surface area contributed by atoms with Crippen molar-refractivity contribution in [2.75, 3.05) is 6.61 Å². The van der Waals surface area contributed by atoms with Crippen LogP contribution in [0.5, 0.6) is 0 Å². The molecule has 0 bridgehead atoms. The van der Waals surface area contributed by atoms with Gasteiger partial charge in [0.15, 0.2) is 0 Å². The molecule has 0 fully saturated rings. The first-order valence-corrected chi connectivity index (χ1v) is 2.99. The third kappa shape index (κ3) is 6.33. The van der Waals surface area contributed by atoms with Gasteiger partial charge in [-0.25, -0.2) is 4.79 Å². The number of ether oxygens (including phenoxy) is 1. The Kier molecular flexibility index (Phi) is 8.57. The molecule has 0 saturated carbocycles. The minimum atomic E-state index is -1.33. The second-order valence-electron chi connectivity index (χ2n) is 1.71. The van der Waals surface area contributed by atoms with Crippen molar-refractivity contribution in [2.45, 2.75) is 13.3 Å². The summed E-state index contributed by atoms with van der Waals surface area (Å²) in [6.07, 6.45) is -0.807. The summed E-state index contributed by atoms with van der Waals surface area (Å²) >= 11 is 0. The van der Waals surface area contributed by atoms with Crippen molar-refractivity contribution in [2.24, 2.45) is 0 Å². The minimum absolute atomic E-state index is 0. The standard InChI is InChI=1S/C6H8O5.Na/c1-2-11-6(10)4(7)3-5(8)9;/h2-3H2,1H3,(H,8,9);. The number of esters is 1. The number of aliphatic carboxylic acids is 1. The molecule has 63 valence electrons. The third-order valence-corrected chi connectivity index (χ3v) is 0.815. The topological polar surface area (TPSA) is 80.7 Å². The van der Waals surface area contributed by atoms with Gasteiger partial charge in [0, 0.05) is 29.6 Å². The van der Waals surface area contributed by atoms with E-state index in [2.05, 4.69) is 4.74 Å². The molecule has 1 N–H and O–H groups in total. The van der Waals surface area contributed by atoms with Crippen LogP contribution in [-0.2, 0) is 19.1 Å². The van der Waals surface area contributed by atoms with E-state index in [1.54, 1.807) is 0 Å². The van der Waals surface area contributed by atoms with Crippen molar-refractivity contribution in [1.29, 1.82) is 0 Å². The predicted octanol–water partition coefficient (Wildman–Crippen LogP) is -0.788. The predicted molar refractivity (Wildman–Crippen MR) is 39.6 cm³/mol. The number of carbonyl (C=O) groups is 3. The molecule has 1 radical (unpaired) electrons. The number of carboxylic acid groups (broad SMARTS) is 1. The molecule has 0 aliphatic rings. The molecule has 0 saturated heterocycles. The van der Waals surface area contributed by atoms with Gasteiger partial charge in [0.25, 0.3) is 5.78 Å². The van der Waals surface area contributed by atoms with Gasteiger partial charge in [-0.1, -0.05) is 0 Å². The van der Waals surface area contributed by atoms with Gasteiger partial charge < -0.3 is 9.84 Å². The van der Waals surface area contributed by atoms with E-state index in [9.17, 15) is 14.4 Å². The largest absolute Gasteiger partial charge is 0.481 e. The summed E-state index contributed by atoms with van der Waals surface area (Å²) in [4.78, 5) is 30.8. The van der Waals surface area contributed by atoms with Gasteiger partial charge in [0.1, 0.15) is 6.42 Å². The fourth-order valence-corrected chi connectivity index (χ4v) is 0.421. The fourth-order valence-electron chi connectivity index (χ4n) is 0.421. The number of Topliss-reactive ketones (excluding diaryl/α,β-unsaturated/α-hetero) is 1. The maximum Gasteiger partial charge on any atom is 0.375 e. The molecule has 0 atom stereocenters. The molecule has 5 nitrogen and oxygen atoms in total. The van der Waals surface area contributed by atoms with Crippen molar-refractivity contribution >= 4 is 47.3 Å². The number of rotatable bonds is 4. The molecule has 0 spiro atoms. The molecule has 0 unspecified atom stereocenters. The average molecular weight is 183 g/mol. The van der Waals surface area contributed by atoms with Gasteiger partial charge in [-0.05, 0) is 6.92 Å². The summed E-state index contributed by atoms with van der Waals surface area (Å²) < 4.78 is 4.25. The number of ketones is 1. The van der Waals surface area contributed by atoms with Crippen LogP contribution >= 0.6 is 0 Å². The quantitative estimate of drug-likeness (QED) is 0.267. The Morgan fingerprint density at radius 2 is 1.83 bits per heavy atom. The Hall–Kier alpha value is -0.390. The summed E-state index contributed by atoms with van der Waals surface area (Å²) in [5.41, 5.74) is 0. The van der Waals surface area contributed by atoms with E-state index in [1.807, 2.05) is 0 Å². The zero-order valence-electron chi connectivity index (χ0n) is 6.99. The Morgan fingerprint density at radius 1 is 1.33 bits per heavy atom. The Labute approximate surface area is 91.4 Å². The van der Waals surface area contributed by atoms with E-state index >= 15 is 0 Å². The molecule has 0 heterocycles. The zero-order chi connectivity index (χ0) is 8.85. The maximum atomic E-state index is 10.5. The Bertz CT molecular complexity index is 188. The summed E-state index contributed by atoms with van der Waals surface area (Å²) in [7, 11) is 0. The first kappa shape index (κ1) is 14.2. The molecule has 6 heteroatoms. The summed E-state index contributed by atoms with van der Waals surface area (Å²) in [5.74, 6) is -3.45. The van der Waals surface area contributed by atoms with Gasteiger partial charge in [0.05, 0.1) is 6.61 Å². The third-order valence-electron chi connectivity index (χ3n) is 0.815. The van der Waals surface area contributed by atoms with Crippen LogP contribution < -0.4 is 0 Å². The van der Waals surface area contributed by atoms with E-state index in [-0.39, 0.29) is 36.2 Å². The molecule has 0 amide bonds. The molecule has 0 aliphatic heterocycles. The maximum absolute atomic E-state index is 10.5. The monoisotopic (exact) mass is 183 g/mol. The second-order valence-corrected chi connectivity index (χ2v) is 1.71. The van der Waals surface area contributed by atoms with Crippen LogP contribution in [-0.4, -0.2) is 59.0 Å². The van der Waals surface area contributed by atoms with Crippen LogP contribution in [0, 0.1) is 0 Å². The molecule has 12 heavy (non-hydrogen) atoms. The molecule has 0 aromatic rings. The smallest absolute Gasteiger partial charge is 0.375 e. The van der Waals surface area contributed by atoms with Crippen molar-refractivity contribution in [1.82, 2.24) is 0 Å². The summed E-state index contributed by atoms with van der Waals surface area (Å²) in [5, 5.41) is 8.07. The van der Waals surface area contributed by atoms with Crippen LogP contribution in [0.4, 0.5) is 0 Å². The van der Waals surface area contributed by atoms with Gasteiger partial charge in [0.2, 0.25) is 0 Å². The molecule has 0 aromatic heterocycles. The number of hydrogen-bond donors (Lipinski definition) is 1. The van der Waals surface area contributed by atoms with Crippen molar-refractivity contribution in [3.05, 3.63) is 0 Å². The van der Waals surface area contributed by atoms with Gasteiger partial charge in [-0.2, -0.15) is 0 Å². The van der Waals surface area contributed by atoms with E-state index in [0.717, 1.165) is 0 Å². The normalized spacial score (nSPS) is 8.08.